The zero-order valence-electron chi connectivity index (χ0n) is 10.6. The molecule has 96 valence electrons. The quantitative estimate of drug-likeness (QED) is 0.943. The highest BCUT2D eigenvalue weighted by atomic mass is 79.9. The molecule has 1 aliphatic rings. The standard InChI is InChI=1S/C14H18BrN3/c1-2-7-18-13-4-3-11(15)8-12(13)17-14(18)10-5-6-16-9-10/h3-4,8,10,16H,2,5-7,9H2,1H3. The largest absolute Gasteiger partial charge is 0.328 e. The van der Waals surface area contributed by atoms with Gasteiger partial charge in [-0.2, -0.15) is 0 Å². The van der Waals surface area contributed by atoms with E-state index in [1.807, 2.05) is 0 Å². The summed E-state index contributed by atoms with van der Waals surface area (Å²) >= 11 is 3.53. The van der Waals surface area contributed by atoms with Crippen LogP contribution in [0.15, 0.2) is 22.7 Å². The van der Waals surface area contributed by atoms with E-state index in [0.717, 1.165) is 36.0 Å². The molecule has 0 amide bonds. The first kappa shape index (κ1) is 12.2. The van der Waals surface area contributed by atoms with Crippen molar-refractivity contribution in [1.29, 1.82) is 0 Å². The molecule has 1 atom stereocenters. The van der Waals surface area contributed by atoms with Crippen LogP contribution < -0.4 is 5.32 Å². The predicted octanol–water partition coefficient (Wildman–Crippen LogP) is 3.29. The molecule has 1 saturated heterocycles. The lowest BCUT2D eigenvalue weighted by molar-refractivity contribution is 0.601. The summed E-state index contributed by atoms with van der Waals surface area (Å²) in [4.78, 5) is 4.87. The number of halogens is 1. The maximum atomic E-state index is 4.87. The van der Waals surface area contributed by atoms with Crippen molar-refractivity contribution in [3.63, 3.8) is 0 Å². The zero-order valence-corrected chi connectivity index (χ0v) is 12.2. The molecule has 0 radical (unpaired) electrons. The smallest absolute Gasteiger partial charge is 0.114 e. The van der Waals surface area contributed by atoms with E-state index in [2.05, 4.69) is 50.9 Å². The van der Waals surface area contributed by atoms with Crippen molar-refractivity contribution in [3.8, 4) is 0 Å². The Morgan fingerprint density at radius 2 is 2.39 bits per heavy atom. The zero-order chi connectivity index (χ0) is 12.5. The van der Waals surface area contributed by atoms with Crippen LogP contribution in [0.5, 0.6) is 0 Å². The molecular formula is C14H18BrN3. The molecule has 1 aliphatic heterocycles. The number of hydrogen-bond donors (Lipinski definition) is 1. The fourth-order valence-corrected chi connectivity index (χ4v) is 3.12. The molecule has 0 saturated carbocycles. The van der Waals surface area contributed by atoms with Crippen molar-refractivity contribution in [3.05, 3.63) is 28.5 Å². The van der Waals surface area contributed by atoms with E-state index in [0.29, 0.717) is 5.92 Å². The van der Waals surface area contributed by atoms with Gasteiger partial charge in [-0.05, 0) is 37.6 Å². The van der Waals surface area contributed by atoms with Crippen LogP contribution in [-0.4, -0.2) is 22.6 Å². The second-order valence-electron chi connectivity index (χ2n) is 4.94. The first-order valence-electron chi connectivity index (χ1n) is 6.66. The molecule has 2 aromatic rings. The van der Waals surface area contributed by atoms with Crippen molar-refractivity contribution in [2.45, 2.75) is 32.2 Å². The summed E-state index contributed by atoms with van der Waals surface area (Å²) in [5, 5.41) is 3.43. The van der Waals surface area contributed by atoms with Gasteiger partial charge in [0.1, 0.15) is 5.82 Å². The third kappa shape index (κ3) is 2.08. The Kier molecular flexibility index (Phi) is 3.39. The van der Waals surface area contributed by atoms with E-state index >= 15 is 0 Å². The van der Waals surface area contributed by atoms with Crippen LogP contribution in [-0.2, 0) is 6.54 Å². The van der Waals surface area contributed by atoms with Crippen LogP contribution in [0, 0.1) is 0 Å². The number of fused-ring (bicyclic) bond motifs is 1. The molecule has 1 unspecified atom stereocenters. The van der Waals surface area contributed by atoms with Crippen LogP contribution in [0.1, 0.15) is 31.5 Å². The SMILES string of the molecule is CCCn1c(C2CCNC2)nc2cc(Br)ccc21. The van der Waals surface area contributed by atoms with Gasteiger partial charge in [0, 0.05) is 23.5 Å². The fraction of sp³-hybridized carbons (Fsp3) is 0.500. The molecule has 1 aromatic heterocycles. The van der Waals surface area contributed by atoms with Gasteiger partial charge in [0.25, 0.3) is 0 Å². The molecule has 1 fully saturated rings. The van der Waals surface area contributed by atoms with E-state index in [9.17, 15) is 0 Å². The third-order valence-electron chi connectivity index (χ3n) is 3.61. The summed E-state index contributed by atoms with van der Waals surface area (Å²) in [5.41, 5.74) is 2.38. The first-order valence-corrected chi connectivity index (χ1v) is 7.45. The lowest BCUT2D eigenvalue weighted by Crippen LogP contribution is -2.12. The second kappa shape index (κ2) is 5.02. The van der Waals surface area contributed by atoms with Gasteiger partial charge in [-0.25, -0.2) is 4.98 Å². The summed E-state index contributed by atoms with van der Waals surface area (Å²) in [6.07, 6.45) is 2.35. The van der Waals surface area contributed by atoms with E-state index in [-0.39, 0.29) is 0 Å². The van der Waals surface area contributed by atoms with E-state index in [1.54, 1.807) is 0 Å². The maximum absolute atomic E-state index is 4.87. The Hall–Kier alpha value is -0.870. The highest BCUT2D eigenvalue weighted by Gasteiger charge is 2.23. The Morgan fingerprint density at radius 3 is 3.11 bits per heavy atom. The van der Waals surface area contributed by atoms with Crippen LogP contribution in [0.3, 0.4) is 0 Å². The Labute approximate surface area is 116 Å². The topological polar surface area (TPSA) is 29.9 Å². The van der Waals surface area contributed by atoms with Gasteiger partial charge in [-0.1, -0.05) is 22.9 Å². The van der Waals surface area contributed by atoms with Crippen molar-refractivity contribution >= 4 is 27.0 Å². The molecule has 1 aromatic carbocycles. The normalized spacial score (nSPS) is 19.8. The van der Waals surface area contributed by atoms with Gasteiger partial charge < -0.3 is 9.88 Å². The van der Waals surface area contributed by atoms with Gasteiger partial charge in [0.15, 0.2) is 0 Å². The van der Waals surface area contributed by atoms with Crippen LogP contribution in [0.4, 0.5) is 0 Å². The van der Waals surface area contributed by atoms with Gasteiger partial charge in [-0.3, -0.25) is 0 Å². The van der Waals surface area contributed by atoms with Gasteiger partial charge in [-0.15, -0.1) is 0 Å². The predicted molar refractivity (Wildman–Crippen MR) is 78.0 cm³/mol. The minimum Gasteiger partial charge on any atom is -0.328 e. The Morgan fingerprint density at radius 1 is 1.50 bits per heavy atom. The lowest BCUT2D eigenvalue weighted by Gasteiger charge is -2.12. The van der Waals surface area contributed by atoms with Crippen LogP contribution in [0.2, 0.25) is 0 Å². The summed E-state index contributed by atoms with van der Waals surface area (Å²) in [7, 11) is 0. The average Bonchev–Trinajstić information content (AvgIpc) is 2.97. The van der Waals surface area contributed by atoms with E-state index in [4.69, 9.17) is 4.98 Å². The minimum absolute atomic E-state index is 0.572. The molecule has 0 bridgehead atoms. The number of aromatic nitrogens is 2. The molecule has 0 spiro atoms. The first-order chi connectivity index (χ1) is 8.79. The Bertz CT molecular complexity index is 555. The molecule has 3 rings (SSSR count). The van der Waals surface area contributed by atoms with Crippen LogP contribution >= 0.6 is 15.9 Å². The maximum Gasteiger partial charge on any atom is 0.114 e. The monoisotopic (exact) mass is 307 g/mol. The number of imidazole rings is 1. The minimum atomic E-state index is 0.572. The molecular weight excluding hydrogens is 290 g/mol. The fourth-order valence-electron chi connectivity index (χ4n) is 2.77. The van der Waals surface area contributed by atoms with E-state index in [1.165, 1.54) is 17.8 Å². The molecule has 0 aliphatic carbocycles. The summed E-state index contributed by atoms with van der Waals surface area (Å²) in [5.74, 6) is 1.83. The lowest BCUT2D eigenvalue weighted by atomic mass is 10.1. The highest BCUT2D eigenvalue weighted by molar-refractivity contribution is 9.10. The molecule has 1 N–H and O–H groups in total. The number of benzene rings is 1. The van der Waals surface area contributed by atoms with Crippen molar-refractivity contribution in [2.24, 2.45) is 0 Å². The molecule has 3 nitrogen and oxygen atoms in total. The number of rotatable bonds is 3. The second-order valence-corrected chi connectivity index (χ2v) is 5.86. The highest BCUT2D eigenvalue weighted by Crippen LogP contribution is 2.28. The van der Waals surface area contributed by atoms with Crippen molar-refractivity contribution in [2.75, 3.05) is 13.1 Å². The van der Waals surface area contributed by atoms with Crippen molar-refractivity contribution < 1.29 is 0 Å². The average molecular weight is 308 g/mol. The van der Waals surface area contributed by atoms with E-state index < -0.39 is 0 Å². The molecule has 4 heteroatoms. The number of nitrogens with zero attached hydrogens (tertiary/aromatic N) is 2. The molecule has 18 heavy (non-hydrogen) atoms. The summed E-state index contributed by atoms with van der Waals surface area (Å²) in [6, 6.07) is 6.40. The van der Waals surface area contributed by atoms with Gasteiger partial charge in [0.2, 0.25) is 0 Å². The summed E-state index contributed by atoms with van der Waals surface area (Å²) < 4.78 is 3.51. The van der Waals surface area contributed by atoms with Crippen LogP contribution in [0.25, 0.3) is 11.0 Å². The molecule has 2 heterocycles. The van der Waals surface area contributed by atoms with Gasteiger partial charge in [0.05, 0.1) is 11.0 Å². The van der Waals surface area contributed by atoms with Crippen molar-refractivity contribution in [1.82, 2.24) is 14.9 Å². The number of hydrogen-bond acceptors (Lipinski definition) is 2. The Balaban J connectivity index is 2.13. The third-order valence-corrected chi connectivity index (χ3v) is 4.11. The summed E-state index contributed by atoms with van der Waals surface area (Å²) in [6.45, 7) is 5.46. The van der Waals surface area contributed by atoms with Gasteiger partial charge >= 0.3 is 0 Å². The number of nitrogens with one attached hydrogen (secondary N) is 1. The number of aryl methyl sites for hydroxylation is 1.